The Morgan fingerprint density at radius 1 is 1.11 bits per heavy atom. The molecular formula is C21H18N2O5. The molecule has 7 heteroatoms. The van der Waals surface area contributed by atoms with E-state index < -0.39 is 4.92 Å². The van der Waals surface area contributed by atoms with Crippen LogP contribution in [-0.4, -0.2) is 29.9 Å². The molecule has 0 fully saturated rings. The van der Waals surface area contributed by atoms with Crippen LogP contribution in [-0.2, 0) is 4.79 Å². The molecule has 28 heavy (non-hydrogen) atoms. The Balaban J connectivity index is 2.34. The molecule has 0 spiro atoms. The van der Waals surface area contributed by atoms with Gasteiger partial charge in [-0.05, 0) is 37.3 Å². The molecule has 3 rings (SSSR count). The van der Waals surface area contributed by atoms with Crippen molar-refractivity contribution in [2.45, 2.75) is 6.92 Å². The molecule has 0 radical (unpaired) electrons. The molecule has 1 heterocycles. The molecular weight excluding hydrogens is 360 g/mol. The number of para-hydroxylation sites is 1. The van der Waals surface area contributed by atoms with Gasteiger partial charge in [-0.3, -0.25) is 14.9 Å². The second-order valence-corrected chi connectivity index (χ2v) is 6.04. The molecule has 0 saturated carbocycles. The Bertz CT molecular complexity index is 1110. The third-order valence-corrected chi connectivity index (χ3v) is 4.20. The highest BCUT2D eigenvalue weighted by molar-refractivity contribution is 5.95. The normalized spacial score (nSPS) is 11.0. The number of fused-ring (bicyclic) bond motifs is 1. The standard InChI is InChI=1S/C21H18N2O5/c1-13(24)8-9-14-10-15-11-19(27-2)20(28-3)12-17(15)22-21(14)16-6-4-5-7-18(16)23(25)26/h4-12H,1-3H3/b9-8+. The first kappa shape index (κ1) is 19.0. The number of carbonyl (C=O) groups excluding carboxylic acids is 1. The summed E-state index contributed by atoms with van der Waals surface area (Å²) in [7, 11) is 3.06. The number of pyridine rings is 1. The zero-order valence-corrected chi connectivity index (χ0v) is 15.6. The summed E-state index contributed by atoms with van der Waals surface area (Å²) in [5, 5.41) is 12.2. The molecule has 0 saturated heterocycles. The van der Waals surface area contributed by atoms with Crippen molar-refractivity contribution in [1.82, 2.24) is 4.98 Å². The number of nitro benzene ring substituents is 1. The lowest BCUT2D eigenvalue weighted by atomic mass is 10.0. The number of aromatic nitrogens is 1. The molecule has 0 aliphatic rings. The average molecular weight is 378 g/mol. The summed E-state index contributed by atoms with van der Waals surface area (Å²) in [6.07, 6.45) is 3.01. The number of allylic oxidation sites excluding steroid dienone is 1. The largest absolute Gasteiger partial charge is 0.493 e. The fraction of sp³-hybridized carbons (Fsp3) is 0.143. The minimum atomic E-state index is -0.450. The molecule has 142 valence electrons. The first-order chi connectivity index (χ1) is 13.4. The summed E-state index contributed by atoms with van der Waals surface area (Å²) >= 11 is 0. The zero-order valence-electron chi connectivity index (χ0n) is 15.6. The van der Waals surface area contributed by atoms with Crippen molar-refractivity contribution >= 4 is 28.4 Å². The van der Waals surface area contributed by atoms with Crippen LogP contribution in [0.1, 0.15) is 12.5 Å². The molecule has 0 aliphatic heterocycles. The van der Waals surface area contributed by atoms with Crippen molar-refractivity contribution < 1.29 is 19.2 Å². The molecule has 0 atom stereocenters. The van der Waals surface area contributed by atoms with Crippen molar-refractivity contribution in [1.29, 1.82) is 0 Å². The molecule has 2 aromatic carbocycles. The predicted octanol–water partition coefficient (Wildman–Crippen LogP) is 4.43. The summed E-state index contributed by atoms with van der Waals surface area (Å²) in [6, 6.07) is 11.7. The van der Waals surface area contributed by atoms with Crippen molar-refractivity contribution in [3.05, 3.63) is 64.2 Å². The average Bonchev–Trinajstić information content (AvgIpc) is 2.70. The van der Waals surface area contributed by atoms with Gasteiger partial charge in [0.15, 0.2) is 17.3 Å². The maximum atomic E-state index is 11.5. The number of methoxy groups -OCH3 is 2. The lowest BCUT2D eigenvalue weighted by Gasteiger charge is -2.12. The maximum Gasteiger partial charge on any atom is 0.278 e. The fourth-order valence-corrected chi connectivity index (χ4v) is 2.90. The number of carbonyl (C=O) groups is 1. The number of hydrogen-bond donors (Lipinski definition) is 0. The number of ether oxygens (including phenoxy) is 2. The highest BCUT2D eigenvalue weighted by Gasteiger charge is 2.19. The van der Waals surface area contributed by atoms with Crippen LogP contribution in [0.5, 0.6) is 11.5 Å². The monoisotopic (exact) mass is 378 g/mol. The Hall–Kier alpha value is -3.74. The van der Waals surface area contributed by atoms with Crippen molar-refractivity contribution in [3.8, 4) is 22.8 Å². The minimum absolute atomic E-state index is 0.0627. The number of nitro groups is 1. The van der Waals surface area contributed by atoms with Crippen molar-refractivity contribution in [3.63, 3.8) is 0 Å². The summed E-state index contributed by atoms with van der Waals surface area (Å²) in [4.78, 5) is 27.1. The number of ketones is 1. The topological polar surface area (TPSA) is 91.6 Å². The smallest absolute Gasteiger partial charge is 0.278 e. The summed E-state index contributed by atoms with van der Waals surface area (Å²) < 4.78 is 10.7. The van der Waals surface area contributed by atoms with Crippen LogP contribution >= 0.6 is 0 Å². The summed E-state index contributed by atoms with van der Waals surface area (Å²) in [6.45, 7) is 1.43. The van der Waals surface area contributed by atoms with E-state index in [0.717, 1.165) is 5.39 Å². The molecule has 0 N–H and O–H groups in total. The molecule has 7 nitrogen and oxygen atoms in total. The lowest BCUT2D eigenvalue weighted by Crippen LogP contribution is -1.97. The third kappa shape index (κ3) is 3.68. The zero-order chi connectivity index (χ0) is 20.3. The quantitative estimate of drug-likeness (QED) is 0.358. The van der Waals surface area contributed by atoms with Gasteiger partial charge in [-0.25, -0.2) is 4.98 Å². The molecule has 0 unspecified atom stereocenters. The number of nitrogens with zero attached hydrogens (tertiary/aromatic N) is 2. The van der Waals surface area contributed by atoms with Gasteiger partial charge in [-0.15, -0.1) is 0 Å². The van der Waals surface area contributed by atoms with Crippen LogP contribution < -0.4 is 9.47 Å². The third-order valence-electron chi connectivity index (χ3n) is 4.20. The van der Waals surface area contributed by atoms with Gasteiger partial charge >= 0.3 is 0 Å². The SMILES string of the molecule is COc1cc2cc(/C=C/C(C)=O)c(-c3ccccc3[N+](=O)[O-])nc2cc1OC. The van der Waals surface area contributed by atoms with Crippen LogP contribution in [0.3, 0.4) is 0 Å². The number of rotatable bonds is 6. The van der Waals surface area contributed by atoms with E-state index in [-0.39, 0.29) is 11.5 Å². The van der Waals surface area contributed by atoms with E-state index in [9.17, 15) is 14.9 Å². The number of hydrogen-bond acceptors (Lipinski definition) is 6. The van der Waals surface area contributed by atoms with Gasteiger partial charge in [0.1, 0.15) is 0 Å². The van der Waals surface area contributed by atoms with Crippen LogP contribution in [0.2, 0.25) is 0 Å². The second-order valence-electron chi connectivity index (χ2n) is 6.04. The second kappa shape index (κ2) is 7.87. The van der Waals surface area contributed by atoms with Crippen molar-refractivity contribution in [2.75, 3.05) is 14.2 Å². The van der Waals surface area contributed by atoms with E-state index in [1.54, 1.807) is 36.4 Å². The van der Waals surface area contributed by atoms with E-state index in [1.807, 2.05) is 6.07 Å². The number of benzene rings is 2. The van der Waals surface area contributed by atoms with E-state index >= 15 is 0 Å². The highest BCUT2D eigenvalue weighted by atomic mass is 16.6. The Morgan fingerprint density at radius 3 is 2.43 bits per heavy atom. The maximum absolute atomic E-state index is 11.5. The van der Waals surface area contributed by atoms with E-state index in [1.165, 1.54) is 33.3 Å². The Morgan fingerprint density at radius 2 is 1.79 bits per heavy atom. The van der Waals surface area contributed by atoms with Gasteiger partial charge in [0.2, 0.25) is 0 Å². The molecule has 1 aromatic heterocycles. The minimum Gasteiger partial charge on any atom is -0.493 e. The van der Waals surface area contributed by atoms with Crippen LogP contribution in [0.4, 0.5) is 5.69 Å². The fourth-order valence-electron chi connectivity index (χ4n) is 2.90. The first-order valence-electron chi connectivity index (χ1n) is 8.43. The Kier molecular flexibility index (Phi) is 5.35. The van der Waals surface area contributed by atoms with Gasteiger partial charge in [0.25, 0.3) is 5.69 Å². The van der Waals surface area contributed by atoms with Gasteiger partial charge in [-0.1, -0.05) is 12.1 Å². The van der Waals surface area contributed by atoms with Crippen molar-refractivity contribution in [2.24, 2.45) is 0 Å². The van der Waals surface area contributed by atoms with E-state index in [4.69, 9.17) is 9.47 Å². The predicted molar refractivity (Wildman–Crippen MR) is 107 cm³/mol. The van der Waals surface area contributed by atoms with E-state index in [2.05, 4.69) is 4.98 Å². The Labute approximate surface area is 161 Å². The summed E-state index contributed by atoms with van der Waals surface area (Å²) in [5.41, 5.74) is 1.89. The highest BCUT2D eigenvalue weighted by Crippen LogP contribution is 2.36. The van der Waals surface area contributed by atoms with Crippen LogP contribution in [0, 0.1) is 10.1 Å². The lowest BCUT2D eigenvalue weighted by molar-refractivity contribution is -0.384. The van der Waals surface area contributed by atoms with Gasteiger partial charge in [-0.2, -0.15) is 0 Å². The van der Waals surface area contributed by atoms with Gasteiger partial charge < -0.3 is 9.47 Å². The van der Waals surface area contributed by atoms with Crippen LogP contribution in [0.25, 0.3) is 28.2 Å². The van der Waals surface area contributed by atoms with Gasteiger partial charge in [0, 0.05) is 23.1 Å². The first-order valence-corrected chi connectivity index (χ1v) is 8.43. The molecule has 0 aliphatic carbocycles. The molecule has 0 amide bonds. The molecule has 0 bridgehead atoms. The molecule has 3 aromatic rings. The summed E-state index contributed by atoms with van der Waals surface area (Å²) in [5.74, 6) is 0.903. The van der Waals surface area contributed by atoms with Gasteiger partial charge in [0.05, 0.1) is 35.9 Å². The van der Waals surface area contributed by atoms with Crippen LogP contribution in [0.15, 0.2) is 48.5 Å². The van der Waals surface area contributed by atoms with E-state index in [0.29, 0.717) is 33.8 Å².